The zero-order valence-electron chi connectivity index (χ0n) is 13.0. The molecule has 130 valence electrons. The SMILES string of the molecule is Fc1cnccc1Nc1nc(-c2cccc(C(F)F)n2)nc2nc[nH]c12. The molecular weight excluding hydrogens is 347 g/mol. The van der Waals surface area contributed by atoms with Gasteiger partial charge in [0.25, 0.3) is 6.43 Å². The van der Waals surface area contributed by atoms with Crippen LogP contribution in [-0.2, 0) is 0 Å². The number of aromatic nitrogens is 6. The summed E-state index contributed by atoms with van der Waals surface area (Å²) in [6, 6.07) is 5.61. The van der Waals surface area contributed by atoms with E-state index in [9.17, 15) is 13.2 Å². The van der Waals surface area contributed by atoms with Crippen LogP contribution in [0.25, 0.3) is 22.7 Å². The summed E-state index contributed by atoms with van der Waals surface area (Å²) >= 11 is 0. The van der Waals surface area contributed by atoms with E-state index < -0.39 is 12.2 Å². The molecule has 10 heteroatoms. The van der Waals surface area contributed by atoms with Gasteiger partial charge in [-0.2, -0.15) is 0 Å². The number of fused-ring (bicyclic) bond motifs is 1. The summed E-state index contributed by atoms with van der Waals surface area (Å²) in [4.78, 5) is 23.0. The first-order valence-corrected chi connectivity index (χ1v) is 7.45. The Hall–Kier alpha value is -3.56. The summed E-state index contributed by atoms with van der Waals surface area (Å²) in [5.74, 6) is -0.251. The van der Waals surface area contributed by atoms with E-state index >= 15 is 0 Å². The molecule has 0 spiro atoms. The maximum atomic E-state index is 13.9. The maximum Gasteiger partial charge on any atom is 0.280 e. The Morgan fingerprint density at radius 1 is 1.08 bits per heavy atom. The van der Waals surface area contributed by atoms with E-state index in [1.807, 2.05) is 0 Å². The second-order valence-corrected chi connectivity index (χ2v) is 5.23. The largest absolute Gasteiger partial charge is 0.340 e. The van der Waals surface area contributed by atoms with Crippen molar-refractivity contribution in [3.8, 4) is 11.5 Å². The number of rotatable bonds is 4. The molecule has 4 heterocycles. The minimum absolute atomic E-state index is 0.0871. The second-order valence-electron chi connectivity index (χ2n) is 5.23. The monoisotopic (exact) mass is 357 g/mol. The number of hydrogen-bond donors (Lipinski definition) is 2. The fourth-order valence-electron chi connectivity index (χ4n) is 2.34. The number of alkyl halides is 2. The van der Waals surface area contributed by atoms with Crippen LogP contribution in [0.1, 0.15) is 12.1 Å². The highest BCUT2D eigenvalue weighted by Crippen LogP contribution is 2.26. The highest BCUT2D eigenvalue weighted by Gasteiger charge is 2.16. The predicted octanol–water partition coefficient (Wildman–Crippen LogP) is 3.63. The number of imidazole rings is 1. The van der Waals surface area contributed by atoms with Gasteiger partial charge >= 0.3 is 0 Å². The molecule has 0 aromatic carbocycles. The van der Waals surface area contributed by atoms with Gasteiger partial charge in [0.2, 0.25) is 0 Å². The molecule has 2 N–H and O–H groups in total. The van der Waals surface area contributed by atoms with Gasteiger partial charge in [-0.1, -0.05) is 6.07 Å². The summed E-state index contributed by atoms with van der Waals surface area (Å²) in [5.41, 5.74) is 0.648. The Morgan fingerprint density at radius 2 is 1.96 bits per heavy atom. The third-order valence-electron chi connectivity index (χ3n) is 3.53. The summed E-state index contributed by atoms with van der Waals surface area (Å²) < 4.78 is 39.7. The maximum absolute atomic E-state index is 13.9. The summed E-state index contributed by atoms with van der Waals surface area (Å²) in [5, 5.41) is 2.84. The van der Waals surface area contributed by atoms with Crippen molar-refractivity contribution in [1.29, 1.82) is 0 Å². The van der Waals surface area contributed by atoms with E-state index in [1.165, 1.54) is 36.8 Å². The lowest BCUT2D eigenvalue weighted by Gasteiger charge is -2.09. The molecule has 0 atom stereocenters. The molecule has 7 nitrogen and oxygen atoms in total. The second kappa shape index (κ2) is 6.39. The lowest BCUT2D eigenvalue weighted by Crippen LogP contribution is -2.02. The van der Waals surface area contributed by atoms with Gasteiger partial charge in [-0.3, -0.25) is 4.98 Å². The average molecular weight is 357 g/mol. The van der Waals surface area contributed by atoms with Crippen molar-refractivity contribution in [2.24, 2.45) is 0 Å². The van der Waals surface area contributed by atoms with Gasteiger partial charge in [0.15, 0.2) is 23.1 Å². The van der Waals surface area contributed by atoms with E-state index in [2.05, 4.69) is 35.2 Å². The molecule has 0 fully saturated rings. The molecule has 0 bridgehead atoms. The minimum Gasteiger partial charge on any atom is -0.340 e. The number of pyridine rings is 2. The predicted molar refractivity (Wildman–Crippen MR) is 87.3 cm³/mol. The Kier molecular flexibility index (Phi) is 3.92. The molecule has 0 aliphatic heterocycles. The smallest absolute Gasteiger partial charge is 0.280 e. The highest BCUT2D eigenvalue weighted by molar-refractivity contribution is 5.86. The summed E-state index contributed by atoms with van der Waals surface area (Å²) in [6.45, 7) is 0. The lowest BCUT2D eigenvalue weighted by atomic mass is 10.3. The highest BCUT2D eigenvalue weighted by atomic mass is 19.3. The van der Waals surface area contributed by atoms with Crippen LogP contribution in [0.15, 0.2) is 43.0 Å². The zero-order chi connectivity index (χ0) is 18.1. The van der Waals surface area contributed by atoms with Crippen molar-refractivity contribution in [2.75, 3.05) is 5.32 Å². The first-order chi connectivity index (χ1) is 12.6. The number of nitrogens with one attached hydrogen (secondary N) is 2. The molecule has 4 rings (SSSR count). The number of hydrogen-bond acceptors (Lipinski definition) is 6. The number of anilines is 2. The van der Waals surface area contributed by atoms with Gasteiger partial charge in [0.05, 0.1) is 18.2 Å². The molecule has 0 aliphatic carbocycles. The topological polar surface area (TPSA) is 92.3 Å². The zero-order valence-corrected chi connectivity index (χ0v) is 13.0. The van der Waals surface area contributed by atoms with Crippen LogP contribution in [0.5, 0.6) is 0 Å². The van der Waals surface area contributed by atoms with E-state index in [1.54, 1.807) is 0 Å². The fourth-order valence-corrected chi connectivity index (χ4v) is 2.34. The summed E-state index contributed by atoms with van der Waals surface area (Å²) in [6.07, 6.45) is 1.17. The van der Waals surface area contributed by atoms with Crippen molar-refractivity contribution < 1.29 is 13.2 Å². The molecule has 4 aromatic rings. The number of aromatic amines is 1. The van der Waals surface area contributed by atoms with Gasteiger partial charge in [0.1, 0.15) is 16.9 Å². The molecule has 0 aliphatic rings. The Morgan fingerprint density at radius 3 is 2.77 bits per heavy atom. The van der Waals surface area contributed by atoms with E-state index in [0.29, 0.717) is 5.52 Å². The van der Waals surface area contributed by atoms with Crippen molar-refractivity contribution >= 4 is 22.7 Å². The molecule has 0 amide bonds. The van der Waals surface area contributed by atoms with Crippen LogP contribution in [0.4, 0.5) is 24.7 Å². The third-order valence-corrected chi connectivity index (χ3v) is 3.53. The van der Waals surface area contributed by atoms with E-state index in [4.69, 9.17) is 0 Å². The minimum atomic E-state index is -2.72. The van der Waals surface area contributed by atoms with Crippen molar-refractivity contribution in [2.45, 2.75) is 6.43 Å². The Bertz CT molecular complexity index is 1080. The van der Waals surface area contributed by atoms with Crippen LogP contribution >= 0.6 is 0 Å². The quantitative estimate of drug-likeness (QED) is 0.579. The van der Waals surface area contributed by atoms with Gasteiger partial charge < -0.3 is 10.3 Å². The van der Waals surface area contributed by atoms with Crippen LogP contribution in [0.3, 0.4) is 0 Å². The standard InChI is InChI=1S/C16H10F3N7/c17-8-6-20-5-4-9(8)24-16-12-15(22-7-21-12)25-14(26-16)11-3-1-2-10(23-11)13(18)19/h1-7,13H,(H2,20,21,22,24,25,26). The molecule has 0 radical (unpaired) electrons. The molecule has 0 saturated heterocycles. The van der Waals surface area contributed by atoms with Crippen LogP contribution < -0.4 is 5.32 Å². The summed E-state index contributed by atoms with van der Waals surface area (Å²) in [7, 11) is 0. The molecular formula is C16H10F3N7. The van der Waals surface area contributed by atoms with Crippen molar-refractivity contribution in [3.05, 3.63) is 54.5 Å². The normalized spacial score (nSPS) is 11.2. The van der Waals surface area contributed by atoms with Gasteiger partial charge in [-0.25, -0.2) is 33.1 Å². The Balaban J connectivity index is 1.83. The molecule has 26 heavy (non-hydrogen) atoms. The number of halogens is 3. The average Bonchev–Trinajstić information content (AvgIpc) is 3.12. The first kappa shape index (κ1) is 15.9. The molecule has 4 aromatic heterocycles. The van der Waals surface area contributed by atoms with Crippen molar-refractivity contribution in [1.82, 2.24) is 29.9 Å². The van der Waals surface area contributed by atoms with Gasteiger partial charge in [-0.05, 0) is 18.2 Å². The molecule has 0 saturated carbocycles. The van der Waals surface area contributed by atoms with Crippen LogP contribution in [-0.4, -0.2) is 29.9 Å². The number of nitrogens with zero attached hydrogens (tertiary/aromatic N) is 5. The third kappa shape index (κ3) is 2.92. The molecule has 0 unspecified atom stereocenters. The van der Waals surface area contributed by atoms with E-state index in [0.717, 1.165) is 6.20 Å². The van der Waals surface area contributed by atoms with Crippen LogP contribution in [0.2, 0.25) is 0 Å². The lowest BCUT2D eigenvalue weighted by molar-refractivity contribution is 0.146. The van der Waals surface area contributed by atoms with Crippen molar-refractivity contribution in [3.63, 3.8) is 0 Å². The van der Waals surface area contributed by atoms with Crippen LogP contribution in [0, 0.1) is 5.82 Å². The first-order valence-electron chi connectivity index (χ1n) is 7.45. The Labute approximate surface area is 144 Å². The van der Waals surface area contributed by atoms with Gasteiger partial charge in [-0.15, -0.1) is 0 Å². The van der Waals surface area contributed by atoms with Gasteiger partial charge in [0, 0.05) is 6.20 Å². The fraction of sp³-hybridized carbons (Fsp3) is 0.0625. The van der Waals surface area contributed by atoms with E-state index in [-0.39, 0.29) is 34.4 Å². The number of H-pyrrole nitrogens is 1.